The van der Waals surface area contributed by atoms with Gasteiger partial charge in [0.2, 0.25) is 0 Å². The number of carbonyl (C=O) groups excluding carboxylic acids is 1. The normalized spacial score (nSPS) is 11.1. The Hall–Kier alpha value is -1.62. The van der Waals surface area contributed by atoms with Crippen molar-refractivity contribution in [1.82, 2.24) is 14.8 Å². The number of amides is 1. The predicted molar refractivity (Wildman–Crippen MR) is 76.4 cm³/mol. The highest BCUT2D eigenvalue weighted by molar-refractivity contribution is 5.93. The molecule has 1 heterocycles. The number of hydrogen-bond acceptors (Lipinski definition) is 3. The average molecular weight is 265 g/mol. The number of H-pyrrole nitrogens is 1. The Morgan fingerprint density at radius 2 is 2.00 bits per heavy atom. The second kappa shape index (κ2) is 7.09. The molecular formula is C14H23N3O2. The zero-order valence-electron chi connectivity index (χ0n) is 12.1. The van der Waals surface area contributed by atoms with Crippen molar-refractivity contribution in [2.75, 3.05) is 33.7 Å². The van der Waals surface area contributed by atoms with E-state index in [-0.39, 0.29) is 16.9 Å². The molecule has 5 nitrogen and oxygen atoms in total. The number of hydrogen-bond donors (Lipinski definition) is 1. The van der Waals surface area contributed by atoms with E-state index in [4.69, 9.17) is 0 Å². The molecule has 0 unspecified atom stereocenters. The van der Waals surface area contributed by atoms with E-state index in [9.17, 15) is 9.59 Å². The minimum Gasteiger partial charge on any atom is -0.367 e. The van der Waals surface area contributed by atoms with Gasteiger partial charge >= 0.3 is 0 Å². The van der Waals surface area contributed by atoms with Crippen LogP contribution in [-0.2, 0) is 0 Å². The first kappa shape index (κ1) is 15.4. The highest BCUT2D eigenvalue weighted by Gasteiger charge is 2.19. The van der Waals surface area contributed by atoms with Crippen molar-refractivity contribution >= 4 is 5.91 Å². The van der Waals surface area contributed by atoms with Gasteiger partial charge in [0.25, 0.3) is 5.91 Å². The quantitative estimate of drug-likeness (QED) is 0.836. The van der Waals surface area contributed by atoms with Gasteiger partial charge in [0.05, 0.1) is 0 Å². The molecule has 1 amide bonds. The molecule has 0 fully saturated rings. The summed E-state index contributed by atoms with van der Waals surface area (Å²) in [7, 11) is 3.93. The van der Waals surface area contributed by atoms with Gasteiger partial charge in [0, 0.05) is 38.1 Å². The molecule has 0 atom stereocenters. The van der Waals surface area contributed by atoms with Crippen LogP contribution in [-0.4, -0.2) is 54.4 Å². The second-order valence-electron chi connectivity index (χ2n) is 5.37. The van der Waals surface area contributed by atoms with Gasteiger partial charge < -0.3 is 14.8 Å². The lowest BCUT2D eigenvalue weighted by Gasteiger charge is -2.25. The van der Waals surface area contributed by atoms with Crippen molar-refractivity contribution in [1.29, 1.82) is 0 Å². The average Bonchev–Trinajstić information content (AvgIpc) is 2.33. The Morgan fingerprint density at radius 1 is 1.32 bits per heavy atom. The number of rotatable bonds is 6. The first-order valence-electron chi connectivity index (χ1n) is 6.53. The van der Waals surface area contributed by atoms with Crippen molar-refractivity contribution in [2.45, 2.75) is 13.8 Å². The lowest BCUT2D eigenvalue weighted by Crippen LogP contribution is -2.40. The van der Waals surface area contributed by atoms with E-state index in [0.717, 1.165) is 6.54 Å². The second-order valence-corrected chi connectivity index (χ2v) is 5.37. The van der Waals surface area contributed by atoms with Gasteiger partial charge in [-0.15, -0.1) is 0 Å². The number of pyridine rings is 1. The van der Waals surface area contributed by atoms with E-state index < -0.39 is 0 Å². The van der Waals surface area contributed by atoms with Crippen LogP contribution in [0.2, 0.25) is 0 Å². The summed E-state index contributed by atoms with van der Waals surface area (Å²) in [6.07, 6.45) is 3.01. The SMILES string of the molecule is CC(C)CN(CCN(C)C)C(=O)c1c[nH]ccc1=O. The Labute approximate surface area is 114 Å². The van der Waals surface area contributed by atoms with Gasteiger partial charge in [0.1, 0.15) is 5.56 Å². The van der Waals surface area contributed by atoms with Crippen molar-refractivity contribution in [3.05, 3.63) is 34.2 Å². The van der Waals surface area contributed by atoms with E-state index >= 15 is 0 Å². The molecule has 0 saturated carbocycles. The molecule has 0 spiro atoms. The van der Waals surface area contributed by atoms with Crippen LogP contribution < -0.4 is 5.43 Å². The highest BCUT2D eigenvalue weighted by Crippen LogP contribution is 2.04. The molecular weight excluding hydrogens is 242 g/mol. The fourth-order valence-electron chi connectivity index (χ4n) is 1.79. The molecule has 1 rings (SSSR count). The molecule has 0 aromatic carbocycles. The molecule has 0 aliphatic heterocycles. The zero-order valence-corrected chi connectivity index (χ0v) is 12.1. The predicted octanol–water partition coefficient (Wildman–Crippen LogP) is 1.03. The Balaban J connectivity index is 2.87. The van der Waals surface area contributed by atoms with E-state index in [1.54, 1.807) is 4.90 Å². The third-order valence-corrected chi connectivity index (χ3v) is 2.74. The van der Waals surface area contributed by atoms with Crippen molar-refractivity contribution in [3.8, 4) is 0 Å². The van der Waals surface area contributed by atoms with Crippen LogP contribution in [0.3, 0.4) is 0 Å². The van der Waals surface area contributed by atoms with E-state index in [1.807, 2.05) is 19.0 Å². The van der Waals surface area contributed by atoms with Crippen LogP contribution in [0.4, 0.5) is 0 Å². The first-order valence-corrected chi connectivity index (χ1v) is 6.53. The number of aromatic amines is 1. The summed E-state index contributed by atoms with van der Waals surface area (Å²) in [5.74, 6) is 0.173. The number of carbonyl (C=O) groups is 1. The van der Waals surface area contributed by atoms with Crippen LogP contribution in [0, 0.1) is 5.92 Å². The Kier molecular flexibility index (Phi) is 5.76. The van der Waals surface area contributed by atoms with E-state index in [1.165, 1.54) is 18.5 Å². The van der Waals surface area contributed by atoms with Crippen LogP contribution in [0.5, 0.6) is 0 Å². The maximum Gasteiger partial charge on any atom is 0.259 e. The largest absolute Gasteiger partial charge is 0.367 e. The molecule has 0 saturated heterocycles. The van der Waals surface area contributed by atoms with Gasteiger partial charge in [-0.25, -0.2) is 0 Å². The minimum absolute atomic E-state index is 0.197. The summed E-state index contributed by atoms with van der Waals surface area (Å²) in [4.78, 5) is 30.7. The lowest BCUT2D eigenvalue weighted by molar-refractivity contribution is 0.0723. The molecule has 19 heavy (non-hydrogen) atoms. The number of likely N-dealkylation sites (N-methyl/N-ethyl adjacent to an activating group) is 1. The molecule has 0 bridgehead atoms. The van der Waals surface area contributed by atoms with Gasteiger partial charge in [-0.2, -0.15) is 0 Å². The lowest BCUT2D eigenvalue weighted by atomic mass is 10.1. The summed E-state index contributed by atoms with van der Waals surface area (Å²) in [5, 5.41) is 0. The summed E-state index contributed by atoms with van der Waals surface area (Å²) in [6.45, 7) is 6.18. The van der Waals surface area contributed by atoms with Crippen LogP contribution in [0.15, 0.2) is 23.3 Å². The van der Waals surface area contributed by atoms with E-state index in [2.05, 4.69) is 18.8 Å². The monoisotopic (exact) mass is 265 g/mol. The Morgan fingerprint density at radius 3 is 2.53 bits per heavy atom. The number of nitrogens with one attached hydrogen (secondary N) is 1. The Bertz CT molecular complexity index is 466. The zero-order chi connectivity index (χ0) is 14.4. The third kappa shape index (κ3) is 4.87. The topological polar surface area (TPSA) is 56.4 Å². The summed E-state index contributed by atoms with van der Waals surface area (Å²) in [5.41, 5.74) is -0.0238. The van der Waals surface area contributed by atoms with Crippen molar-refractivity contribution in [3.63, 3.8) is 0 Å². The summed E-state index contributed by atoms with van der Waals surface area (Å²) in [6, 6.07) is 1.38. The summed E-state index contributed by atoms with van der Waals surface area (Å²) >= 11 is 0. The molecule has 1 aromatic rings. The fraction of sp³-hybridized carbons (Fsp3) is 0.571. The van der Waals surface area contributed by atoms with Gasteiger partial charge in [-0.3, -0.25) is 9.59 Å². The number of nitrogens with zero attached hydrogens (tertiary/aromatic N) is 2. The summed E-state index contributed by atoms with van der Waals surface area (Å²) < 4.78 is 0. The first-order chi connectivity index (χ1) is 8.91. The third-order valence-electron chi connectivity index (χ3n) is 2.74. The van der Waals surface area contributed by atoms with Gasteiger partial charge in [0.15, 0.2) is 5.43 Å². The van der Waals surface area contributed by atoms with Gasteiger partial charge in [-0.1, -0.05) is 13.8 Å². The maximum absolute atomic E-state index is 12.4. The van der Waals surface area contributed by atoms with Crippen molar-refractivity contribution < 1.29 is 4.79 Å². The maximum atomic E-state index is 12.4. The van der Waals surface area contributed by atoms with Crippen LogP contribution >= 0.6 is 0 Å². The number of aromatic nitrogens is 1. The van der Waals surface area contributed by atoms with Crippen LogP contribution in [0.25, 0.3) is 0 Å². The molecule has 1 N–H and O–H groups in total. The molecule has 106 valence electrons. The standard InChI is InChI=1S/C14H23N3O2/c1-11(2)10-17(8-7-16(3)4)14(19)12-9-15-6-5-13(12)18/h5-6,9,11H,7-8,10H2,1-4H3,(H,15,18). The van der Waals surface area contributed by atoms with E-state index in [0.29, 0.717) is 19.0 Å². The minimum atomic E-state index is -0.234. The molecule has 5 heteroatoms. The highest BCUT2D eigenvalue weighted by atomic mass is 16.2. The van der Waals surface area contributed by atoms with Crippen LogP contribution in [0.1, 0.15) is 24.2 Å². The molecule has 0 aliphatic carbocycles. The molecule has 0 radical (unpaired) electrons. The van der Waals surface area contributed by atoms with Gasteiger partial charge in [-0.05, 0) is 20.0 Å². The van der Waals surface area contributed by atoms with Crippen molar-refractivity contribution in [2.24, 2.45) is 5.92 Å². The fourth-order valence-corrected chi connectivity index (χ4v) is 1.79. The smallest absolute Gasteiger partial charge is 0.259 e. The molecule has 0 aliphatic rings. The molecule has 1 aromatic heterocycles.